The second-order valence-electron chi connectivity index (χ2n) is 9.02. The monoisotopic (exact) mass is 545 g/mol. The molecule has 8 nitrogen and oxygen atoms in total. The van der Waals surface area contributed by atoms with Gasteiger partial charge in [0, 0.05) is 24.7 Å². The molecule has 0 saturated heterocycles. The zero-order chi connectivity index (χ0) is 27.4. The van der Waals surface area contributed by atoms with Crippen molar-refractivity contribution in [3.63, 3.8) is 0 Å². The van der Waals surface area contributed by atoms with Crippen molar-refractivity contribution in [3.8, 4) is 16.9 Å². The van der Waals surface area contributed by atoms with Crippen LogP contribution >= 0.6 is 0 Å². The third-order valence-corrected chi connectivity index (χ3v) is 8.50. The Labute approximate surface area is 218 Å². The maximum absolute atomic E-state index is 12.2. The van der Waals surface area contributed by atoms with E-state index in [0.29, 0.717) is 18.8 Å². The summed E-state index contributed by atoms with van der Waals surface area (Å²) in [6.07, 6.45) is 1.64. The van der Waals surface area contributed by atoms with Crippen LogP contribution in [0.3, 0.4) is 0 Å². The number of anilines is 2. The third-order valence-electron chi connectivity index (χ3n) is 5.85. The lowest BCUT2D eigenvalue weighted by Crippen LogP contribution is -2.15. The molecule has 10 heteroatoms. The largest absolute Gasteiger partial charge is 0.494 e. The van der Waals surface area contributed by atoms with E-state index in [4.69, 9.17) is 9.84 Å². The van der Waals surface area contributed by atoms with Crippen LogP contribution in [0.1, 0.15) is 17.5 Å². The lowest BCUT2D eigenvalue weighted by Gasteiger charge is -2.21. The standard InChI is InChI=1S/C27H31NO7S2/c1-19-15-24(35-13-6-14-36(4,31)32)16-20(2)27(19)21-7-5-8-23(17-21)28(3)22-9-11-25(12-10-22)37(33,34)18-26(29)30/h5,7-12,15-17H,6,13-14,18H2,1-4H3,(H,29,30). The van der Waals surface area contributed by atoms with Crippen molar-refractivity contribution < 1.29 is 31.5 Å². The van der Waals surface area contributed by atoms with Gasteiger partial charge in [-0.25, -0.2) is 16.8 Å². The van der Waals surface area contributed by atoms with Gasteiger partial charge in [-0.1, -0.05) is 12.1 Å². The zero-order valence-electron chi connectivity index (χ0n) is 21.3. The van der Waals surface area contributed by atoms with E-state index in [1.807, 2.05) is 62.2 Å². The van der Waals surface area contributed by atoms with E-state index in [1.54, 1.807) is 12.1 Å². The van der Waals surface area contributed by atoms with Gasteiger partial charge in [0.1, 0.15) is 15.6 Å². The van der Waals surface area contributed by atoms with Crippen LogP contribution in [0.4, 0.5) is 11.4 Å². The van der Waals surface area contributed by atoms with Crippen molar-refractivity contribution in [1.82, 2.24) is 0 Å². The molecule has 0 heterocycles. The predicted molar refractivity (Wildman–Crippen MR) is 145 cm³/mol. The molecule has 0 atom stereocenters. The Bertz CT molecular complexity index is 1470. The summed E-state index contributed by atoms with van der Waals surface area (Å²) in [4.78, 5) is 12.7. The van der Waals surface area contributed by atoms with Crippen LogP contribution in [0.25, 0.3) is 11.1 Å². The summed E-state index contributed by atoms with van der Waals surface area (Å²) < 4.78 is 52.7. The fraction of sp³-hybridized carbons (Fsp3) is 0.296. The number of benzene rings is 3. The first-order chi connectivity index (χ1) is 17.3. The Morgan fingerprint density at radius 3 is 2.11 bits per heavy atom. The van der Waals surface area contributed by atoms with Gasteiger partial charge in [0.25, 0.3) is 0 Å². The number of carboxylic acids is 1. The molecule has 3 aromatic carbocycles. The normalized spacial score (nSPS) is 11.8. The molecular weight excluding hydrogens is 514 g/mol. The van der Waals surface area contributed by atoms with Gasteiger partial charge in [-0.3, -0.25) is 4.79 Å². The first-order valence-electron chi connectivity index (χ1n) is 11.6. The summed E-state index contributed by atoms with van der Waals surface area (Å²) in [6, 6.07) is 17.9. The van der Waals surface area contributed by atoms with Gasteiger partial charge in [0.2, 0.25) is 0 Å². The van der Waals surface area contributed by atoms with E-state index in [2.05, 4.69) is 0 Å². The van der Waals surface area contributed by atoms with Crippen molar-refractivity contribution >= 4 is 37.0 Å². The Hall–Kier alpha value is -3.37. The summed E-state index contributed by atoms with van der Waals surface area (Å²) in [7, 11) is -5.04. The second kappa shape index (κ2) is 11.4. The highest BCUT2D eigenvalue weighted by molar-refractivity contribution is 7.92. The summed E-state index contributed by atoms with van der Waals surface area (Å²) in [5, 5.41) is 8.84. The first kappa shape index (κ1) is 28.2. The summed E-state index contributed by atoms with van der Waals surface area (Å²) in [6.45, 7) is 4.32. The van der Waals surface area contributed by atoms with Crippen LogP contribution in [0, 0.1) is 13.8 Å². The molecule has 0 amide bonds. The van der Waals surface area contributed by atoms with Crippen molar-refractivity contribution in [2.24, 2.45) is 0 Å². The SMILES string of the molecule is Cc1cc(OCCCS(C)(=O)=O)cc(C)c1-c1cccc(N(C)c2ccc(S(=O)(=O)CC(=O)O)cc2)c1. The Balaban J connectivity index is 1.80. The number of ether oxygens (including phenoxy) is 1. The molecule has 198 valence electrons. The average molecular weight is 546 g/mol. The van der Waals surface area contributed by atoms with Crippen LogP contribution in [-0.4, -0.2) is 59.3 Å². The molecule has 1 N–H and O–H groups in total. The van der Waals surface area contributed by atoms with E-state index >= 15 is 0 Å². The number of aryl methyl sites for hydroxylation is 2. The molecule has 0 unspecified atom stereocenters. The van der Waals surface area contributed by atoms with Crippen LogP contribution in [0.15, 0.2) is 65.6 Å². The maximum Gasteiger partial charge on any atom is 0.319 e. The van der Waals surface area contributed by atoms with Gasteiger partial charge in [-0.2, -0.15) is 0 Å². The summed E-state index contributed by atoms with van der Waals surface area (Å²) in [5.74, 6) is -1.56. The van der Waals surface area contributed by atoms with Crippen molar-refractivity contribution in [2.45, 2.75) is 25.2 Å². The molecule has 0 spiro atoms. The number of sulfone groups is 2. The van der Waals surface area contributed by atoms with Gasteiger partial charge in [0.05, 0.1) is 17.3 Å². The fourth-order valence-electron chi connectivity index (χ4n) is 4.12. The molecule has 0 saturated carbocycles. The number of hydrogen-bond acceptors (Lipinski definition) is 7. The van der Waals surface area contributed by atoms with Crippen LogP contribution in [0.5, 0.6) is 5.75 Å². The van der Waals surface area contributed by atoms with Crippen molar-refractivity contribution in [3.05, 3.63) is 71.8 Å². The minimum Gasteiger partial charge on any atom is -0.494 e. The smallest absolute Gasteiger partial charge is 0.319 e. The predicted octanol–water partition coefficient (Wildman–Crippen LogP) is 4.41. The molecule has 0 bridgehead atoms. The number of hydrogen-bond donors (Lipinski definition) is 1. The molecule has 0 aliphatic carbocycles. The number of carboxylic acid groups (broad SMARTS) is 1. The molecular formula is C27H31NO7S2. The van der Waals surface area contributed by atoms with Crippen molar-refractivity contribution in [1.29, 1.82) is 0 Å². The molecule has 0 aliphatic heterocycles. The van der Waals surface area contributed by atoms with E-state index < -0.39 is 31.4 Å². The number of rotatable bonds is 11. The highest BCUT2D eigenvalue weighted by Gasteiger charge is 2.19. The van der Waals surface area contributed by atoms with Gasteiger partial charge in [0.15, 0.2) is 15.6 Å². The van der Waals surface area contributed by atoms with E-state index in [-0.39, 0.29) is 10.6 Å². The highest BCUT2D eigenvalue weighted by Crippen LogP contribution is 2.34. The van der Waals surface area contributed by atoms with E-state index in [9.17, 15) is 21.6 Å². The van der Waals surface area contributed by atoms with E-state index in [0.717, 1.165) is 33.6 Å². The van der Waals surface area contributed by atoms with Crippen LogP contribution < -0.4 is 9.64 Å². The Kier molecular flexibility index (Phi) is 8.65. The Morgan fingerprint density at radius 2 is 1.54 bits per heavy atom. The molecule has 37 heavy (non-hydrogen) atoms. The molecule has 0 aliphatic rings. The summed E-state index contributed by atoms with van der Waals surface area (Å²) in [5.41, 5.74) is 5.74. The fourth-order valence-corrected chi connectivity index (χ4v) is 5.80. The topological polar surface area (TPSA) is 118 Å². The average Bonchev–Trinajstić information content (AvgIpc) is 2.80. The highest BCUT2D eigenvalue weighted by atomic mass is 32.2. The molecule has 0 fully saturated rings. The molecule has 3 aromatic rings. The lowest BCUT2D eigenvalue weighted by molar-refractivity contribution is -0.134. The van der Waals surface area contributed by atoms with Crippen LogP contribution in [-0.2, 0) is 24.5 Å². The van der Waals surface area contributed by atoms with Crippen LogP contribution in [0.2, 0.25) is 0 Å². The molecule has 0 radical (unpaired) electrons. The molecule has 3 rings (SSSR count). The maximum atomic E-state index is 12.2. The second-order valence-corrected chi connectivity index (χ2v) is 13.3. The van der Waals surface area contributed by atoms with Gasteiger partial charge in [-0.05, 0) is 91.1 Å². The van der Waals surface area contributed by atoms with E-state index in [1.165, 1.54) is 18.4 Å². The number of nitrogens with zero attached hydrogens (tertiary/aromatic N) is 1. The lowest BCUT2D eigenvalue weighted by atomic mass is 9.95. The van der Waals surface area contributed by atoms with Gasteiger partial charge in [-0.15, -0.1) is 0 Å². The zero-order valence-corrected chi connectivity index (χ0v) is 22.9. The third kappa shape index (κ3) is 7.56. The van der Waals surface area contributed by atoms with Crippen molar-refractivity contribution in [2.75, 3.05) is 36.3 Å². The first-order valence-corrected chi connectivity index (χ1v) is 15.3. The van der Waals surface area contributed by atoms with Gasteiger partial charge < -0.3 is 14.7 Å². The number of aliphatic carboxylic acids is 1. The van der Waals surface area contributed by atoms with Gasteiger partial charge >= 0.3 is 5.97 Å². The Morgan fingerprint density at radius 1 is 0.919 bits per heavy atom. The minimum atomic E-state index is -3.89. The number of carbonyl (C=O) groups is 1. The minimum absolute atomic E-state index is 0.0364. The summed E-state index contributed by atoms with van der Waals surface area (Å²) >= 11 is 0. The molecule has 0 aromatic heterocycles. The quantitative estimate of drug-likeness (QED) is 0.352.